The van der Waals surface area contributed by atoms with Crippen molar-refractivity contribution in [3.8, 4) is 28.1 Å². The number of morpholine rings is 1. The van der Waals surface area contributed by atoms with Gasteiger partial charge in [-0.15, -0.1) is 0 Å². The van der Waals surface area contributed by atoms with Gasteiger partial charge in [0.25, 0.3) is 10.0 Å². The number of nitrogens with two attached hydrogens (primary N) is 1. The zero-order chi connectivity index (χ0) is 34.0. The number of carbonyl (C=O) groups is 2. The van der Waals surface area contributed by atoms with Crippen molar-refractivity contribution in [1.82, 2.24) is 14.9 Å². The molecule has 0 aliphatic carbocycles. The van der Waals surface area contributed by atoms with Crippen LogP contribution in [0.15, 0.2) is 83.9 Å². The topological polar surface area (TPSA) is 166 Å². The van der Waals surface area contributed by atoms with E-state index in [4.69, 9.17) is 15.2 Å². The SMILES string of the molecule is COc1ncc(-c2ccc3nc(N)c(-c4ccc(NC(=O)C(=O)N5CCOCC5)cc4)cc3c2)cc1NS(=O)(=O)c1ccc(F)cc1F. The highest BCUT2D eigenvalue weighted by atomic mass is 32.2. The Balaban J connectivity index is 1.26. The van der Waals surface area contributed by atoms with Crippen LogP contribution in [0.3, 0.4) is 0 Å². The second-order valence-corrected chi connectivity index (χ2v) is 12.4. The lowest BCUT2D eigenvalue weighted by Crippen LogP contribution is -2.45. The third-order valence-corrected chi connectivity index (χ3v) is 8.99. The predicted molar refractivity (Wildman–Crippen MR) is 175 cm³/mol. The van der Waals surface area contributed by atoms with Gasteiger partial charge in [-0.2, -0.15) is 0 Å². The number of methoxy groups -OCH3 is 1. The third kappa shape index (κ3) is 6.72. The van der Waals surface area contributed by atoms with Crippen LogP contribution in [0, 0.1) is 11.6 Å². The smallest absolute Gasteiger partial charge is 0.313 e. The highest BCUT2D eigenvalue weighted by Gasteiger charge is 2.24. The molecule has 1 aliphatic heterocycles. The van der Waals surface area contributed by atoms with Crippen LogP contribution < -0.4 is 20.5 Å². The number of nitrogens with one attached hydrogen (secondary N) is 2. The van der Waals surface area contributed by atoms with Gasteiger partial charge >= 0.3 is 11.8 Å². The predicted octanol–water partition coefficient (Wildman–Crippen LogP) is 4.43. The van der Waals surface area contributed by atoms with E-state index in [0.717, 1.165) is 12.1 Å². The molecule has 2 aromatic heterocycles. The Morgan fingerprint density at radius 2 is 1.67 bits per heavy atom. The molecule has 1 fully saturated rings. The van der Waals surface area contributed by atoms with Crippen molar-refractivity contribution in [3.63, 3.8) is 0 Å². The third-order valence-electron chi connectivity index (χ3n) is 7.60. The maximum atomic E-state index is 14.3. The molecule has 0 bridgehead atoms. The highest BCUT2D eigenvalue weighted by molar-refractivity contribution is 7.92. The molecule has 1 aliphatic rings. The average molecular weight is 675 g/mol. The summed E-state index contributed by atoms with van der Waals surface area (Å²) in [5.41, 5.74) is 9.74. The first kappa shape index (κ1) is 32.3. The second-order valence-electron chi connectivity index (χ2n) is 10.7. The molecule has 0 spiro atoms. The summed E-state index contributed by atoms with van der Waals surface area (Å²) in [6.07, 6.45) is 1.48. The normalized spacial score (nSPS) is 13.3. The van der Waals surface area contributed by atoms with Crippen LogP contribution >= 0.6 is 0 Å². The van der Waals surface area contributed by atoms with Gasteiger partial charge in [0, 0.05) is 47.6 Å². The largest absolute Gasteiger partial charge is 0.480 e. The number of fused-ring (bicyclic) bond motifs is 1. The average Bonchev–Trinajstić information content (AvgIpc) is 3.08. The maximum Gasteiger partial charge on any atom is 0.313 e. The number of aromatic nitrogens is 2. The Kier molecular flexibility index (Phi) is 8.88. The van der Waals surface area contributed by atoms with E-state index in [1.54, 1.807) is 36.4 Å². The number of sulfonamides is 1. The molecule has 3 aromatic carbocycles. The number of halogens is 2. The van der Waals surface area contributed by atoms with Crippen molar-refractivity contribution in [2.45, 2.75) is 4.90 Å². The Bertz CT molecular complexity index is 2160. The second kappa shape index (κ2) is 13.2. The first-order valence-electron chi connectivity index (χ1n) is 14.5. The summed E-state index contributed by atoms with van der Waals surface area (Å²) in [7, 11) is -3.17. The van der Waals surface area contributed by atoms with E-state index in [9.17, 15) is 26.8 Å². The number of hydrogen-bond acceptors (Lipinski definition) is 9. The van der Waals surface area contributed by atoms with Crippen molar-refractivity contribution in [3.05, 3.63) is 90.6 Å². The van der Waals surface area contributed by atoms with Gasteiger partial charge in [0.2, 0.25) is 5.88 Å². The summed E-state index contributed by atoms with van der Waals surface area (Å²) in [4.78, 5) is 34.4. The number of carbonyl (C=O) groups excluding carboxylic acids is 2. The van der Waals surface area contributed by atoms with Crippen LogP contribution in [0.4, 0.5) is 26.0 Å². The molecule has 1 saturated heterocycles. The fraction of sp³-hybridized carbons (Fsp3) is 0.152. The fourth-order valence-corrected chi connectivity index (χ4v) is 6.28. The van der Waals surface area contributed by atoms with Crippen molar-refractivity contribution in [2.24, 2.45) is 0 Å². The summed E-state index contributed by atoms with van der Waals surface area (Å²) in [6.45, 7) is 1.48. The van der Waals surface area contributed by atoms with Crippen LogP contribution in [0.1, 0.15) is 0 Å². The summed E-state index contributed by atoms with van der Waals surface area (Å²) in [5.74, 6) is -3.32. The van der Waals surface area contributed by atoms with Crippen molar-refractivity contribution < 1.29 is 36.3 Å². The highest BCUT2D eigenvalue weighted by Crippen LogP contribution is 2.34. The van der Waals surface area contributed by atoms with Gasteiger partial charge in [-0.25, -0.2) is 27.2 Å². The van der Waals surface area contributed by atoms with Crippen molar-refractivity contribution in [1.29, 1.82) is 0 Å². The molecule has 5 aromatic rings. The molecule has 3 heterocycles. The molecule has 0 radical (unpaired) electrons. The lowest BCUT2D eigenvalue weighted by atomic mass is 10.0. The van der Waals surface area contributed by atoms with Gasteiger partial charge in [0.1, 0.15) is 28.0 Å². The van der Waals surface area contributed by atoms with E-state index in [0.29, 0.717) is 71.2 Å². The number of anilines is 3. The molecule has 4 N–H and O–H groups in total. The van der Waals surface area contributed by atoms with E-state index >= 15 is 0 Å². The number of amides is 2. The molecule has 48 heavy (non-hydrogen) atoms. The van der Waals surface area contributed by atoms with Gasteiger partial charge in [0.05, 0.1) is 25.8 Å². The Morgan fingerprint density at radius 1 is 0.938 bits per heavy atom. The van der Waals surface area contributed by atoms with Gasteiger partial charge < -0.3 is 25.4 Å². The molecular formula is C33H28F2N6O6S. The van der Waals surface area contributed by atoms with Crippen LogP contribution in [0.5, 0.6) is 5.88 Å². The van der Waals surface area contributed by atoms with Crippen LogP contribution in [0.2, 0.25) is 0 Å². The van der Waals surface area contributed by atoms with Crippen molar-refractivity contribution >= 4 is 49.9 Å². The Hall–Kier alpha value is -5.67. The van der Waals surface area contributed by atoms with Gasteiger partial charge in [0.15, 0.2) is 0 Å². The Labute approximate surface area is 273 Å². The van der Waals surface area contributed by atoms with E-state index < -0.39 is 38.4 Å². The van der Waals surface area contributed by atoms with Crippen LogP contribution in [-0.2, 0) is 24.3 Å². The van der Waals surface area contributed by atoms with Gasteiger partial charge in [-0.3, -0.25) is 14.3 Å². The minimum Gasteiger partial charge on any atom is -0.480 e. The first-order chi connectivity index (χ1) is 23.0. The molecule has 246 valence electrons. The summed E-state index contributed by atoms with van der Waals surface area (Å²) in [5, 5.41) is 3.32. The fourth-order valence-electron chi connectivity index (χ4n) is 5.17. The zero-order valence-electron chi connectivity index (χ0n) is 25.4. The van der Waals surface area contributed by atoms with Crippen molar-refractivity contribution in [2.75, 3.05) is 49.2 Å². The molecule has 15 heteroatoms. The van der Waals surface area contributed by atoms with E-state index in [1.807, 2.05) is 12.1 Å². The lowest BCUT2D eigenvalue weighted by Gasteiger charge is -2.26. The van der Waals surface area contributed by atoms with Gasteiger partial charge in [-0.05, 0) is 59.7 Å². The summed E-state index contributed by atoms with van der Waals surface area (Å²) < 4.78 is 66.4. The Morgan fingerprint density at radius 3 is 2.38 bits per heavy atom. The molecule has 0 atom stereocenters. The molecule has 0 unspecified atom stereocenters. The van der Waals surface area contributed by atoms with E-state index in [1.165, 1.54) is 24.3 Å². The molecule has 2 amide bonds. The molecule has 0 saturated carbocycles. The molecular weight excluding hydrogens is 646 g/mol. The van der Waals surface area contributed by atoms with Crippen LogP contribution in [-0.4, -0.2) is 68.5 Å². The minimum absolute atomic E-state index is 0.0613. The quantitative estimate of drug-likeness (QED) is 0.212. The van der Waals surface area contributed by atoms with Gasteiger partial charge in [-0.1, -0.05) is 18.2 Å². The van der Waals surface area contributed by atoms with E-state index in [2.05, 4.69) is 20.0 Å². The maximum absolute atomic E-state index is 14.3. The number of ether oxygens (including phenoxy) is 2. The number of hydrogen-bond donors (Lipinski definition) is 3. The number of benzene rings is 3. The van der Waals surface area contributed by atoms with E-state index in [-0.39, 0.29) is 17.4 Å². The first-order valence-corrected chi connectivity index (χ1v) is 16.0. The lowest BCUT2D eigenvalue weighted by molar-refractivity contribution is -0.145. The van der Waals surface area contributed by atoms with Crippen LogP contribution in [0.25, 0.3) is 33.2 Å². The molecule has 12 nitrogen and oxygen atoms in total. The molecule has 6 rings (SSSR count). The summed E-state index contributed by atoms with van der Waals surface area (Å²) >= 11 is 0. The number of pyridine rings is 2. The monoisotopic (exact) mass is 674 g/mol. The summed E-state index contributed by atoms with van der Waals surface area (Å²) in [6, 6.07) is 17.6. The number of nitrogens with zero attached hydrogens (tertiary/aromatic N) is 3. The standard InChI is InChI=1S/C33H28F2N6O6S/c1-46-32-28(40-48(44,45)29-9-5-23(34)17-26(29)35)16-22(18-37-32)20-4-8-27-21(14-20)15-25(30(36)39-27)19-2-6-24(7-3-19)38-31(42)33(43)41-10-12-47-13-11-41/h2-9,14-18,40H,10-13H2,1H3,(H2,36,39)(H,38,42). The zero-order valence-corrected chi connectivity index (χ0v) is 26.2. The minimum atomic E-state index is -4.47. The number of nitrogen functional groups attached to an aromatic ring is 1. The number of rotatable bonds is 7.